The second-order valence-electron chi connectivity index (χ2n) is 3.45. The van der Waals surface area contributed by atoms with E-state index >= 15 is 0 Å². The lowest BCUT2D eigenvalue weighted by molar-refractivity contribution is 0.849. The molecule has 0 aliphatic carbocycles. The molecule has 0 spiro atoms. The Labute approximate surface area is 78.7 Å². The zero-order valence-corrected chi connectivity index (χ0v) is 7.99. The standard InChI is InChI=1S/C11H14N2/c1-8-7-10(12)9-5-3-4-6-11(9)13(8)2/h3-7,10H,12H2,1-2H3. The summed E-state index contributed by atoms with van der Waals surface area (Å²) in [4.78, 5) is 2.17. The molecule has 13 heavy (non-hydrogen) atoms. The molecule has 0 aromatic heterocycles. The Bertz CT molecular complexity index is 355. The molecule has 1 unspecified atom stereocenters. The van der Waals surface area contributed by atoms with Gasteiger partial charge in [-0.25, -0.2) is 0 Å². The van der Waals surface area contributed by atoms with Crippen LogP contribution in [0.25, 0.3) is 0 Å². The van der Waals surface area contributed by atoms with Crippen LogP contribution in [0.3, 0.4) is 0 Å². The number of hydrogen-bond acceptors (Lipinski definition) is 2. The van der Waals surface area contributed by atoms with Crippen LogP contribution in [0.2, 0.25) is 0 Å². The van der Waals surface area contributed by atoms with Crippen LogP contribution < -0.4 is 10.6 Å². The lowest BCUT2D eigenvalue weighted by Gasteiger charge is -2.30. The third-order valence-corrected chi connectivity index (χ3v) is 2.61. The fourth-order valence-electron chi connectivity index (χ4n) is 1.73. The van der Waals surface area contributed by atoms with Crippen LogP contribution in [0, 0.1) is 0 Å². The molecule has 2 rings (SSSR count). The maximum absolute atomic E-state index is 6.00. The van der Waals surface area contributed by atoms with Crippen LogP contribution in [0.5, 0.6) is 0 Å². The van der Waals surface area contributed by atoms with Crippen molar-refractivity contribution in [3.63, 3.8) is 0 Å². The van der Waals surface area contributed by atoms with E-state index in [0.717, 1.165) is 0 Å². The van der Waals surface area contributed by atoms with E-state index in [1.54, 1.807) is 0 Å². The summed E-state index contributed by atoms with van der Waals surface area (Å²) in [5, 5.41) is 0. The van der Waals surface area contributed by atoms with Crippen molar-refractivity contribution in [2.75, 3.05) is 11.9 Å². The number of hydrogen-bond donors (Lipinski definition) is 1. The minimum Gasteiger partial charge on any atom is -0.348 e. The number of nitrogens with two attached hydrogens (primary N) is 1. The Kier molecular flexibility index (Phi) is 1.85. The monoisotopic (exact) mass is 174 g/mol. The van der Waals surface area contributed by atoms with E-state index < -0.39 is 0 Å². The summed E-state index contributed by atoms with van der Waals surface area (Å²) < 4.78 is 0. The minimum atomic E-state index is 0.0485. The molecular weight excluding hydrogens is 160 g/mol. The molecule has 2 heteroatoms. The summed E-state index contributed by atoms with van der Waals surface area (Å²) in [6.45, 7) is 2.08. The van der Waals surface area contributed by atoms with Crippen molar-refractivity contribution in [1.82, 2.24) is 0 Å². The van der Waals surface area contributed by atoms with Gasteiger partial charge in [0.2, 0.25) is 0 Å². The minimum absolute atomic E-state index is 0.0485. The summed E-state index contributed by atoms with van der Waals surface area (Å²) in [6, 6.07) is 8.31. The van der Waals surface area contributed by atoms with Crippen molar-refractivity contribution in [2.45, 2.75) is 13.0 Å². The Morgan fingerprint density at radius 2 is 2.00 bits per heavy atom. The van der Waals surface area contributed by atoms with Crippen LogP contribution in [0.15, 0.2) is 36.0 Å². The Morgan fingerprint density at radius 1 is 1.31 bits per heavy atom. The molecule has 1 aliphatic heterocycles. The first-order valence-corrected chi connectivity index (χ1v) is 4.47. The predicted molar refractivity (Wildman–Crippen MR) is 55.5 cm³/mol. The highest BCUT2D eigenvalue weighted by molar-refractivity contribution is 5.61. The summed E-state index contributed by atoms with van der Waals surface area (Å²) >= 11 is 0. The second-order valence-corrected chi connectivity index (χ2v) is 3.45. The molecule has 1 atom stereocenters. The van der Waals surface area contributed by atoms with E-state index in [9.17, 15) is 0 Å². The first kappa shape index (κ1) is 8.32. The quantitative estimate of drug-likeness (QED) is 0.652. The Hall–Kier alpha value is -1.28. The molecule has 2 nitrogen and oxygen atoms in total. The van der Waals surface area contributed by atoms with Crippen LogP contribution in [-0.4, -0.2) is 7.05 Å². The van der Waals surface area contributed by atoms with Crippen molar-refractivity contribution < 1.29 is 0 Å². The molecular formula is C11H14N2. The lowest BCUT2D eigenvalue weighted by Crippen LogP contribution is -2.24. The maximum Gasteiger partial charge on any atom is 0.0521 e. The van der Waals surface area contributed by atoms with Crippen LogP contribution in [-0.2, 0) is 0 Å². The van der Waals surface area contributed by atoms with E-state index in [2.05, 4.69) is 37.1 Å². The van der Waals surface area contributed by atoms with E-state index in [0.29, 0.717) is 0 Å². The highest BCUT2D eigenvalue weighted by Crippen LogP contribution is 2.32. The first-order chi connectivity index (χ1) is 6.20. The molecule has 0 bridgehead atoms. The number of nitrogens with zero attached hydrogens (tertiary/aromatic N) is 1. The van der Waals surface area contributed by atoms with Gasteiger partial charge in [-0.15, -0.1) is 0 Å². The third kappa shape index (κ3) is 1.23. The van der Waals surface area contributed by atoms with Gasteiger partial charge in [-0.3, -0.25) is 0 Å². The van der Waals surface area contributed by atoms with Gasteiger partial charge < -0.3 is 10.6 Å². The molecule has 1 aliphatic rings. The van der Waals surface area contributed by atoms with E-state index in [1.165, 1.54) is 16.9 Å². The fraction of sp³-hybridized carbons (Fsp3) is 0.273. The molecule has 0 saturated carbocycles. The number of benzene rings is 1. The molecule has 68 valence electrons. The Balaban J connectivity index is 2.55. The number of fused-ring (bicyclic) bond motifs is 1. The zero-order valence-electron chi connectivity index (χ0n) is 7.99. The van der Waals surface area contributed by atoms with E-state index in [-0.39, 0.29) is 6.04 Å². The lowest BCUT2D eigenvalue weighted by atomic mass is 10.00. The van der Waals surface area contributed by atoms with Gasteiger partial charge in [-0.05, 0) is 24.6 Å². The van der Waals surface area contributed by atoms with E-state index in [1.807, 2.05) is 12.1 Å². The molecule has 1 aromatic rings. The topological polar surface area (TPSA) is 29.3 Å². The zero-order chi connectivity index (χ0) is 9.42. The molecule has 0 amide bonds. The summed E-state index contributed by atoms with van der Waals surface area (Å²) in [7, 11) is 2.07. The first-order valence-electron chi connectivity index (χ1n) is 4.47. The fourth-order valence-corrected chi connectivity index (χ4v) is 1.73. The SMILES string of the molecule is CC1=CC(N)c2ccccc2N1C. The second kappa shape index (κ2) is 2.89. The number of rotatable bonds is 0. The molecule has 2 N–H and O–H groups in total. The van der Waals surface area contributed by atoms with Crippen LogP contribution >= 0.6 is 0 Å². The Morgan fingerprint density at radius 3 is 2.77 bits per heavy atom. The number of anilines is 1. The van der Waals surface area contributed by atoms with Gasteiger partial charge >= 0.3 is 0 Å². The van der Waals surface area contributed by atoms with Crippen molar-refractivity contribution in [2.24, 2.45) is 5.73 Å². The molecule has 1 heterocycles. The van der Waals surface area contributed by atoms with Gasteiger partial charge in [0.15, 0.2) is 0 Å². The van der Waals surface area contributed by atoms with Gasteiger partial charge in [-0.1, -0.05) is 18.2 Å². The van der Waals surface area contributed by atoms with Gasteiger partial charge in [0, 0.05) is 18.4 Å². The van der Waals surface area contributed by atoms with Crippen molar-refractivity contribution in [3.8, 4) is 0 Å². The summed E-state index contributed by atoms with van der Waals surface area (Å²) in [5.74, 6) is 0. The van der Waals surface area contributed by atoms with Crippen molar-refractivity contribution in [1.29, 1.82) is 0 Å². The van der Waals surface area contributed by atoms with E-state index in [4.69, 9.17) is 5.73 Å². The third-order valence-electron chi connectivity index (χ3n) is 2.61. The average Bonchev–Trinajstić information content (AvgIpc) is 2.15. The van der Waals surface area contributed by atoms with Gasteiger partial charge in [0.1, 0.15) is 0 Å². The number of allylic oxidation sites excluding steroid dienone is 1. The average molecular weight is 174 g/mol. The van der Waals surface area contributed by atoms with Gasteiger partial charge in [0.25, 0.3) is 0 Å². The summed E-state index contributed by atoms with van der Waals surface area (Å²) in [6.07, 6.45) is 2.09. The normalized spacial score (nSPS) is 21.0. The molecule has 0 fully saturated rings. The van der Waals surface area contributed by atoms with Crippen LogP contribution in [0.4, 0.5) is 5.69 Å². The molecule has 0 radical (unpaired) electrons. The molecule has 0 saturated heterocycles. The largest absolute Gasteiger partial charge is 0.348 e. The molecule has 1 aromatic carbocycles. The highest BCUT2D eigenvalue weighted by Gasteiger charge is 2.17. The smallest absolute Gasteiger partial charge is 0.0521 e. The van der Waals surface area contributed by atoms with Crippen molar-refractivity contribution in [3.05, 3.63) is 41.6 Å². The highest BCUT2D eigenvalue weighted by atomic mass is 15.1. The van der Waals surface area contributed by atoms with Gasteiger partial charge in [-0.2, -0.15) is 0 Å². The summed E-state index contributed by atoms with van der Waals surface area (Å²) in [5.41, 5.74) is 9.63. The van der Waals surface area contributed by atoms with Crippen LogP contribution in [0.1, 0.15) is 18.5 Å². The number of para-hydroxylation sites is 1. The maximum atomic E-state index is 6.00. The van der Waals surface area contributed by atoms with Crippen molar-refractivity contribution >= 4 is 5.69 Å². The predicted octanol–water partition coefficient (Wildman–Crippen LogP) is 2.04. The van der Waals surface area contributed by atoms with Gasteiger partial charge in [0.05, 0.1) is 6.04 Å².